The van der Waals surface area contributed by atoms with Crippen LogP contribution in [0.15, 0.2) is 24.4 Å². The summed E-state index contributed by atoms with van der Waals surface area (Å²) in [5.74, 6) is 0.0195. The topological polar surface area (TPSA) is 68.0 Å². The molecule has 0 aliphatic heterocycles. The van der Waals surface area contributed by atoms with Crippen LogP contribution in [-0.4, -0.2) is 23.0 Å². The average Bonchev–Trinajstić information content (AvgIpc) is 2.33. The van der Waals surface area contributed by atoms with Crippen LogP contribution >= 0.6 is 0 Å². The highest BCUT2D eigenvalue weighted by atomic mass is 16.1. The van der Waals surface area contributed by atoms with Crippen LogP contribution in [0.5, 0.6) is 0 Å². The third-order valence-electron chi connectivity index (χ3n) is 3.23. The summed E-state index contributed by atoms with van der Waals surface area (Å²) < 4.78 is 0. The fourth-order valence-corrected chi connectivity index (χ4v) is 2.26. The van der Waals surface area contributed by atoms with E-state index in [9.17, 15) is 4.79 Å². The van der Waals surface area contributed by atoms with Gasteiger partial charge in [-0.15, -0.1) is 0 Å². The summed E-state index contributed by atoms with van der Waals surface area (Å²) in [6, 6.07) is 5.84. The number of nitrogens with one attached hydrogen (secondary N) is 1. The Labute approximate surface area is 102 Å². The van der Waals surface area contributed by atoms with Gasteiger partial charge in [0.25, 0.3) is 0 Å². The maximum atomic E-state index is 11.8. The Bertz CT molecular complexity index is 366. The first kappa shape index (κ1) is 12.0. The van der Waals surface area contributed by atoms with Crippen molar-refractivity contribution in [1.29, 1.82) is 0 Å². The van der Waals surface area contributed by atoms with Crippen molar-refractivity contribution >= 4 is 5.91 Å². The van der Waals surface area contributed by atoms with Gasteiger partial charge in [0.2, 0.25) is 5.91 Å². The van der Waals surface area contributed by atoms with Crippen molar-refractivity contribution in [3.63, 3.8) is 0 Å². The monoisotopic (exact) mass is 233 g/mol. The van der Waals surface area contributed by atoms with Crippen molar-refractivity contribution in [2.24, 2.45) is 5.73 Å². The highest BCUT2D eigenvalue weighted by Crippen LogP contribution is 2.16. The minimum Gasteiger partial charge on any atom is -0.351 e. The molecule has 2 rings (SSSR count). The van der Waals surface area contributed by atoms with E-state index in [1.807, 2.05) is 18.2 Å². The number of rotatable bonds is 3. The highest BCUT2D eigenvalue weighted by Gasteiger charge is 2.23. The van der Waals surface area contributed by atoms with E-state index in [-0.39, 0.29) is 18.0 Å². The van der Waals surface area contributed by atoms with E-state index in [4.69, 9.17) is 5.73 Å². The largest absolute Gasteiger partial charge is 0.351 e. The molecule has 0 saturated heterocycles. The molecule has 1 aromatic heterocycles. The van der Waals surface area contributed by atoms with Gasteiger partial charge in [-0.3, -0.25) is 9.78 Å². The summed E-state index contributed by atoms with van der Waals surface area (Å²) in [7, 11) is 0. The lowest BCUT2D eigenvalue weighted by molar-refractivity contribution is -0.121. The van der Waals surface area contributed by atoms with Gasteiger partial charge >= 0.3 is 0 Å². The molecule has 4 nitrogen and oxygen atoms in total. The van der Waals surface area contributed by atoms with Gasteiger partial charge in [0, 0.05) is 24.0 Å². The van der Waals surface area contributed by atoms with Gasteiger partial charge < -0.3 is 11.1 Å². The first-order valence-corrected chi connectivity index (χ1v) is 6.20. The molecule has 0 radical (unpaired) electrons. The van der Waals surface area contributed by atoms with Crippen molar-refractivity contribution in [2.45, 2.75) is 44.2 Å². The summed E-state index contributed by atoms with van der Waals surface area (Å²) in [5, 5.41) is 3.01. The number of amides is 1. The number of nitrogens with two attached hydrogens (primary N) is 1. The van der Waals surface area contributed by atoms with Crippen LogP contribution in [-0.2, 0) is 11.2 Å². The van der Waals surface area contributed by atoms with E-state index in [0.717, 1.165) is 25.0 Å². The fraction of sp³-hybridized carbons (Fsp3) is 0.538. The Morgan fingerprint density at radius 1 is 1.41 bits per heavy atom. The Hall–Kier alpha value is -1.42. The third-order valence-corrected chi connectivity index (χ3v) is 3.23. The maximum Gasteiger partial charge on any atom is 0.226 e. The van der Waals surface area contributed by atoms with Crippen LogP contribution in [0.4, 0.5) is 0 Å². The molecule has 92 valence electrons. The molecule has 1 heterocycles. The van der Waals surface area contributed by atoms with Gasteiger partial charge in [0.05, 0.1) is 6.42 Å². The van der Waals surface area contributed by atoms with Crippen LogP contribution in [0.25, 0.3) is 0 Å². The number of nitrogens with zero attached hydrogens (tertiary/aromatic N) is 1. The molecule has 0 aromatic carbocycles. The molecule has 2 unspecified atom stereocenters. The van der Waals surface area contributed by atoms with Gasteiger partial charge in [-0.25, -0.2) is 0 Å². The number of carbonyl (C=O) groups is 1. The van der Waals surface area contributed by atoms with Gasteiger partial charge in [0.1, 0.15) is 0 Å². The van der Waals surface area contributed by atoms with Crippen LogP contribution in [0, 0.1) is 0 Å². The quantitative estimate of drug-likeness (QED) is 0.818. The second-order valence-electron chi connectivity index (χ2n) is 4.62. The molecule has 0 bridgehead atoms. The molecule has 0 spiro atoms. The summed E-state index contributed by atoms with van der Waals surface area (Å²) in [4.78, 5) is 16.0. The Morgan fingerprint density at radius 3 is 2.94 bits per heavy atom. The van der Waals surface area contributed by atoms with Crippen molar-refractivity contribution in [2.75, 3.05) is 0 Å². The normalized spacial score (nSPS) is 24.3. The second kappa shape index (κ2) is 5.77. The van der Waals surface area contributed by atoms with Crippen LogP contribution in [0.1, 0.15) is 31.4 Å². The summed E-state index contributed by atoms with van der Waals surface area (Å²) >= 11 is 0. The second-order valence-corrected chi connectivity index (χ2v) is 4.62. The van der Waals surface area contributed by atoms with Gasteiger partial charge in [-0.05, 0) is 25.0 Å². The van der Waals surface area contributed by atoms with Gasteiger partial charge in [-0.1, -0.05) is 18.9 Å². The molecule has 1 fully saturated rings. The van der Waals surface area contributed by atoms with Gasteiger partial charge in [-0.2, -0.15) is 0 Å². The molecule has 1 saturated carbocycles. The van der Waals surface area contributed by atoms with Crippen molar-refractivity contribution in [3.8, 4) is 0 Å². The lowest BCUT2D eigenvalue weighted by Crippen LogP contribution is -2.49. The first-order chi connectivity index (χ1) is 8.25. The Kier molecular flexibility index (Phi) is 4.09. The minimum atomic E-state index is 0.0195. The SMILES string of the molecule is NC1CCCCC1NC(=O)Cc1ccccn1. The average molecular weight is 233 g/mol. The number of hydrogen-bond donors (Lipinski definition) is 2. The van der Waals surface area contributed by atoms with E-state index < -0.39 is 0 Å². The van der Waals surface area contributed by atoms with Crippen LogP contribution < -0.4 is 11.1 Å². The highest BCUT2D eigenvalue weighted by molar-refractivity contribution is 5.78. The molecule has 1 aliphatic rings. The smallest absolute Gasteiger partial charge is 0.226 e. The lowest BCUT2D eigenvalue weighted by Gasteiger charge is -2.29. The van der Waals surface area contributed by atoms with Crippen LogP contribution in [0.2, 0.25) is 0 Å². The number of aromatic nitrogens is 1. The van der Waals surface area contributed by atoms with E-state index >= 15 is 0 Å². The van der Waals surface area contributed by atoms with Gasteiger partial charge in [0.15, 0.2) is 0 Å². The third kappa shape index (κ3) is 3.53. The standard InChI is InChI=1S/C13H19N3O/c14-11-6-1-2-7-12(11)16-13(17)9-10-5-3-4-8-15-10/h3-5,8,11-12H,1-2,6-7,9,14H2,(H,16,17). The Morgan fingerprint density at radius 2 is 2.24 bits per heavy atom. The molecule has 2 atom stereocenters. The Balaban J connectivity index is 1.84. The summed E-state index contributed by atoms with van der Waals surface area (Å²) in [6.07, 6.45) is 6.37. The number of pyridine rings is 1. The molecule has 1 aliphatic carbocycles. The zero-order valence-corrected chi connectivity index (χ0v) is 9.93. The van der Waals surface area contributed by atoms with E-state index in [1.54, 1.807) is 6.20 Å². The predicted octanol–water partition coefficient (Wildman–Crippen LogP) is 1.01. The van der Waals surface area contributed by atoms with E-state index in [0.29, 0.717) is 6.42 Å². The zero-order valence-electron chi connectivity index (χ0n) is 9.93. The molecule has 1 aromatic rings. The lowest BCUT2D eigenvalue weighted by atomic mass is 9.91. The number of hydrogen-bond acceptors (Lipinski definition) is 3. The molecular weight excluding hydrogens is 214 g/mol. The molecular formula is C13H19N3O. The summed E-state index contributed by atoms with van der Waals surface area (Å²) in [5.41, 5.74) is 6.79. The first-order valence-electron chi connectivity index (χ1n) is 6.20. The predicted molar refractivity (Wildman–Crippen MR) is 66.3 cm³/mol. The van der Waals surface area contributed by atoms with Crippen LogP contribution in [0.3, 0.4) is 0 Å². The molecule has 1 amide bonds. The fourth-order valence-electron chi connectivity index (χ4n) is 2.26. The maximum absolute atomic E-state index is 11.8. The van der Waals surface area contributed by atoms with Crippen molar-refractivity contribution in [3.05, 3.63) is 30.1 Å². The zero-order chi connectivity index (χ0) is 12.1. The minimum absolute atomic E-state index is 0.0195. The summed E-state index contributed by atoms with van der Waals surface area (Å²) in [6.45, 7) is 0. The van der Waals surface area contributed by atoms with Crippen molar-refractivity contribution < 1.29 is 4.79 Å². The van der Waals surface area contributed by atoms with Crippen molar-refractivity contribution in [1.82, 2.24) is 10.3 Å². The molecule has 17 heavy (non-hydrogen) atoms. The number of carbonyl (C=O) groups excluding carboxylic acids is 1. The van der Waals surface area contributed by atoms with E-state index in [1.165, 1.54) is 6.42 Å². The van der Waals surface area contributed by atoms with E-state index in [2.05, 4.69) is 10.3 Å². The molecule has 3 N–H and O–H groups in total. The molecule has 4 heteroatoms.